The third-order valence-electron chi connectivity index (χ3n) is 3.01. The van der Waals surface area contributed by atoms with Gasteiger partial charge in [0.15, 0.2) is 0 Å². The van der Waals surface area contributed by atoms with E-state index in [4.69, 9.17) is 9.84 Å². The second-order valence-corrected chi connectivity index (χ2v) is 6.47. The fourth-order valence-corrected chi connectivity index (χ4v) is 3.50. The topological polar surface area (TPSA) is 66.8 Å². The number of aliphatic hydroxyl groups excluding tert-OH is 1. The van der Waals surface area contributed by atoms with Crippen molar-refractivity contribution < 1.29 is 18.3 Å². The fraction of sp³-hybridized carbons (Fsp3) is 0.429. The van der Waals surface area contributed by atoms with Crippen LogP contribution >= 0.6 is 0 Å². The molecule has 108 valence electrons. The Balaban J connectivity index is 2.21. The summed E-state index contributed by atoms with van der Waals surface area (Å²) in [6.07, 6.45) is -0.0896. The number of hydrogen-bond acceptors (Lipinski definition) is 4. The molecule has 0 bridgehead atoms. The number of rotatable bonds is 2. The fourth-order valence-electron chi connectivity index (χ4n) is 2.01. The molecule has 0 aliphatic carbocycles. The Bertz CT molecular complexity index is 613. The van der Waals surface area contributed by atoms with Gasteiger partial charge in [-0.25, -0.2) is 8.42 Å². The van der Waals surface area contributed by atoms with Gasteiger partial charge in [-0.3, -0.25) is 0 Å². The zero-order valence-corrected chi connectivity index (χ0v) is 12.1. The second kappa shape index (κ2) is 6.37. The summed E-state index contributed by atoms with van der Waals surface area (Å²) in [4.78, 5) is 0.251. The predicted molar refractivity (Wildman–Crippen MR) is 74.6 cm³/mol. The van der Waals surface area contributed by atoms with E-state index in [0.717, 1.165) is 0 Å². The van der Waals surface area contributed by atoms with Gasteiger partial charge in [0.25, 0.3) is 0 Å². The molecule has 0 aromatic heterocycles. The van der Waals surface area contributed by atoms with Crippen molar-refractivity contribution in [3.8, 4) is 11.8 Å². The van der Waals surface area contributed by atoms with Gasteiger partial charge in [0, 0.05) is 18.7 Å². The molecule has 0 radical (unpaired) electrons. The van der Waals surface area contributed by atoms with E-state index >= 15 is 0 Å². The van der Waals surface area contributed by atoms with Crippen LogP contribution in [0.2, 0.25) is 0 Å². The lowest BCUT2D eigenvalue weighted by Gasteiger charge is -2.30. The Morgan fingerprint density at radius 1 is 1.40 bits per heavy atom. The third-order valence-corrected chi connectivity index (χ3v) is 4.89. The molecule has 6 heteroatoms. The van der Waals surface area contributed by atoms with E-state index in [1.54, 1.807) is 12.1 Å². The lowest BCUT2D eigenvalue weighted by molar-refractivity contribution is 0.0102. The summed E-state index contributed by atoms with van der Waals surface area (Å²) in [5, 5.41) is 8.62. The van der Waals surface area contributed by atoms with Crippen molar-refractivity contribution in [2.75, 3.05) is 26.3 Å². The van der Waals surface area contributed by atoms with Crippen LogP contribution in [0.25, 0.3) is 0 Å². The van der Waals surface area contributed by atoms with Gasteiger partial charge in [0.2, 0.25) is 10.0 Å². The molecule has 1 N–H and O–H groups in total. The van der Waals surface area contributed by atoms with Crippen molar-refractivity contribution in [3.63, 3.8) is 0 Å². The number of benzene rings is 1. The maximum absolute atomic E-state index is 12.5. The van der Waals surface area contributed by atoms with Crippen LogP contribution in [-0.4, -0.2) is 50.2 Å². The lowest BCUT2D eigenvalue weighted by atomic mass is 10.2. The first-order valence-corrected chi connectivity index (χ1v) is 7.79. The van der Waals surface area contributed by atoms with Crippen LogP contribution in [0.5, 0.6) is 0 Å². The highest BCUT2D eigenvalue weighted by molar-refractivity contribution is 7.89. The molecule has 1 fully saturated rings. The van der Waals surface area contributed by atoms with Crippen molar-refractivity contribution in [3.05, 3.63) is 29.8 Å². The van der Waals surface area contributed by atoms with Gasteiger partial charge in [-0.05, 0) is 31.2 Å². The molecular formula is C14H17NO4S. The molecule has 1 atom stereocenters. The van der Waals surface area contributed by atoms with E-state index in [1.165, 1.54) is 16.4 Å². The Labute approximate surface area is 119 Å². The van der Waals surface area contributed by atoms with Crippen LogP contribution in [-0.2, 0) is 14.8 Å². The second-order valence-electron chi connectivity index (χ2n) is 4.53. The molecule has 0 amide bonds. The minimum Gasteiger partial charge on any atom is -0.384 e. The molecule has 1 aromatic carbocycles. The minimum absolute atomic E-state index is 0.0896. The largest absolute Gasteiger partial charge is 0.384 e. The van der Waals surface area contributed by atoms with Crippen LogP contribution in [0.3, 0.4) is 0 Å². The van der Waals surface area contributed by atoms with Gasteiger partial charge in [-0.1, -0.05) is 11.8 Å². The highest BCUT2D eigenvalue weighted by Crippen LogP contribution is 2.19. The predicted octanol–water partition coefficient (Wildman–Crippen LogP) is 0.440. The van der Waals surface area contributed by atoms with E-state index in [1.807, 2.05) is 6.92 Å². The average molecular weight is 295 g/mol. The average Bonchev–Trinajstić information content (AvgIpc) is 2.45. The zero-order chi connectivity index (χ0) is 14.6. The van der Waals surface area contributed by atoms with Crippen LogP contribution in [0.1, 0.15) is 12.5 Å². The maximum atomic E-state index is 12.5. The monoisotopic (exact) mass is 295 g/mol. The summed E-state index contributed by atoms with van der Waals surface area (Å²) < 4.78 is 31.7. The Kier molecular flexibility index (Phi) is 4.78. The first kappa shape index (κ1) is 15.0. The summed E-state index contributed by atoms with van der Waals surface area (Å²) in [6.45, 7) is 2.80. The molecule has 1 aliphatic heterocycles. The van der Waals surface area contributed by atoms with E-state index < -0.39 is 10.0 Å². The molecule has 1 heterocycles. The van der Waals surface area contributed by atoms with Crippen LogP contribution < -0.4 is 0 Å². The number of sulfonamides is 1. The van der Waals surface area contributed by atoms with Gasteiger partial charge < -0.3 is 9.84 Å². The zero-order valence-electron chi connectivity index (χ0n) is 11.2. The Morgan fingerprint density at radius 2 is 2.10 bits per heavy atom. The highest BCUT2D eigenvalue weighted by atomic mass is 32.2. The van der Waals surface area contributed by atoms with E-state index in [0.29, 0.717) is 25.3 Å². The summed E-state index contributed by atoms with van der Waals surface area (Å²) >= 11 is 0. The summed E-state index contributed by atoms with van der Waals surface area (Å²) in [5.41, 5.74) is 0.674. The molecule has 1 saturated heterocycles. The Hall–Kier alpha value is -1.39. The molecule has 1 aromatic rings. The van der Waals surface area contributed by atoms with Crippen LogP contribution in [0.15, 0.2) is 29.2 Å². The lowest BCUT2D eigenvalue weighted by Crippen LogP contribution is -2.44. The SMILES string of the molecule is CC1CN(S(=O)(=O)c2ccc(C#CCO)cc2)CCO1. The van der Waals surface area contributed by atoms with E-state index in [2.05, 4.69) is 11.8 Å². The van der Waals surface area contributed by atoms with Crippen LogP contribution in [0.4, 0.5) is 0 Å². The van der Waals surface area contributed by atoms with Crippen molar-refractivity contribution in [1.82, 2.24) is 4.31 Å². The van der Waals surface area contributed by atoms with Gasteiger partial charge >= 0.3 is 0 Å². The van der Waals surface area contributed by atoms with Crippen molar-refractivity contribution in [2.24, 2.45) is 0 Å². The summed E-state index contributed by atoms with van der Waals surface area (Å²) in [7, 11) is -3.48. The first-order chi connectivity index (χ1) is 9.54. The first-order valence-electron chi connectivity index (χ1n) is 6.35. The maximum Gasteiger partial charge on any atom is 0.243 e. The van der Waals surface area contributed by atoms with Crippen molar-refractivity contribution in [1.29, 1.82) is 0 Å². The molecular weight excluding hydrogens is 278 g/mol. The van der Waals surface area contributed by atoms with Crippen LogP contribution in [0, 0.1) is 11.8 Å². The third kappa shape index (κ3) is 3.38. The number of ether oxygens (including phenoxy) is 1. The van der Waals surface area contributed by atoms with Crippen molar-refractivity contribution in [2.45, 2.75) is 17.9 Å². The molecule has 1 aliphatic rings. The van der Waals surface area contributed by atoms with Gasteiger partial charge in [0.1, 0.15) is 6.61 Å². The summed E-state index contributed by atoms with van der Waals surface area (Å²) in [6, 6.07) is 6.35. The van der Waals surface area contributed by atoms with Gasteiger partial charge in [-0.15, -0.1) is 0 Å². The molecule has 0 saturated carbocycles. The van der Waals surface area contributed by atoms with Gasteiger partial charge in [-0.2, -0.15) is 4.31 Å². The van der Waals surface area contributed by atoms with Crippen molar-refractivity contribution >= 4 is 10.0 Å². The van der Waals surface area contributed by atoms with Gasteiger partial charge in [0.05, 0.1) is 17.6 Å². The quantitative estimate of drug-likeness (QED) is 0.804. The number of nitrogens with zero attached hydrogens (tertiary/aromatic N) is 1. The molecule has 0 spiro atoms. The van der Waals surface area contributed by atoms with E-state index in [9.17, 15) is 8.42 Å². The summed E-state index contributed by atoms with van der Waals surface area (Å²) in [5.74, 6) is 5.25. The van der Waals surface area contributed by atoms with E-state index in [-0.39, 0.29) is 17.6 Å². The number of hydrogen-bond donors (Lipinski definition) is 1. The number of morpholine rings is 1. The Morgan fingerprint density at radius 3 is 2.70 bits per heavy atom. The molecule has 5 nitrogen and oxygen atoms in total. The minimum atomic E-state index is -3.48. The highest BCUT2D eigenvalue weighted by Gasteiger charge is 2.28. The normalized spacial score (nSPS) is 20.2. The standard InChI is InChI=1S/C14H17NO4S/c1-12-11-15(8-10-19-12)20(17,18)14-6-4-13(5-7-14)3-2-9-16/h4-7,12,16H,8-11H2,1H3. The molecule has 20 heavy (non-hydrogen) atoms. The number of aliphatic hydroxyl groups is 1. The molecule has 1 unspecified atom stereocenters. The molecule has 2 rings (SSSR count). The smallest absolute Gasteiger partial charge is 0.243 e.